The summed E-state index contributed by atoms with van der Waals surface area (Å²) >= 11 is 0. The van der Waals surface area contributed by atoms with E-state index in [1.54, 1.807) is 0 Å². The summed E-state index contributed by atoms with van der Waals surface area (Å²) in [6.07, 6.45) is 2.34. The Labute approximate surface area is 86.8 Å². The van der Waals surface area contributed by atoms with Crippen molar-refractivity contribution in [1.82, 2.24) is 4.72 Å². The second-order valence-corrected chi connectivity index (χ2v) is 4.34. The van der Waals surface area contributed by atoms with E-state index < -0.39 is 22.0 Å². The Morgan fingerprint density at radius 1 is 1.40 bits per heavy atom. The average molecular weight is 237 g/mol. The number of esters is 1. The Morgan fingerprint density at radius 3 is 2.47 bits per heavy atom. The number of rotatable bonds is 6. The first kappa shape index (κ1) is 13.6. The lowest BCUT2D eigenvalue weighted by Crippen LogP contribution is -2.26. The highest BCUT2D eigenvalue weighted by Crippen LogP contribution is 1.82. The van der Waals surface area contributed by atoms with Gasteiger partial charge in [-0.15, -0.1) is 0 Å². The van der Waals surface area contributed by atoms with Gasteiger partial charge in [-0.1, -0.05) is 0 Å². The van der Waals surface area contributed by atoms with Gasteiger partial charge in [-0.3, -0.25) is 0 Å². The van der Waals surface area contributed by atoms with E-state index in [1.807, 2.05) is 0 Å². The predicted octanol–water partition coefficient (Wildman–Crippen LogP) is -1.28. The van der Waals surface area contributed by atoms with Crippen LogP contribution < -0.4 is 4.72 Å². The number of carbonyl (C=O) groups excluding carboxylic acids is 1. The maximum Gasteiger partial charge on any atom is 0.331 e. The van der Waals surface area contributed by atoms with Crippen LogP contribution in [0.15, 0.2) is 12.2 Å². The largest absolute Gasteiger partial charge is 0.478 e. The SMILES string of the molecule is CS(=O)(=O)NCCOC(=O)/C=C/C(=O)O. The van der Waals surface area contributed by atoms with Crippen molar-refractivity contribution in [2.45, 2.75) is 0 Å². The summed E-state index contributed by atoms with van der Waals surface area (Å²) in [5.41, 5.74) is 0. The van der Waals surface area contributed by atoms with Crippen LogP contribution in [0.5, 0.6) is 0 Å². The molecule has 15 heavy (non-hydrogen) atoms. The van der Waals surface area contributed by atoms with Crippen LogP contribution in [0.1, 0.15) is 0 Å². The number of nitrogens with one attached hydrogen (secondary N) is 1. The Kier molecular flexibility index (Phi) is 5.57. The molecular formula is C7H11NO6S. The molecule has 0 aliphatic carbocycles. The van der Waals surface area contributed by atoms with Crippen LogP contribution in [-0.2, 0) is 24.3 Å². The highest BCUT2D eigenvalue weighted by Gasteiger charge is 2.01. The third-order valence-corrected chi connectivity index (χ3v) is 1.80. The Hall–Kier alpha value is -1.41. The van der Waals surface area contributed by atoms with E-state index in [0.29, 0.717) is 6.08 Å². The minimum Gasteiger partial charge on any atom is -0.478 e. The van der Waals surface area contributed by atoms with Gasteiger partial charge in [0.1, 0.15) is 6.61 Å². The van der Waals surface area contributed by atoms with Crippen molar-refractivity contribution in [2.24, 2.45) is 0 Å². The first-order valence-electron chi connectivity index (χ1n) is 3.83. The first-order valence-corrected chi connectivity index (χ1v) is 5.73. The molecular weight excluding hydrogens is 226 g/mol. The fourth-order valence-electron chi connectivity index (χ4n) is 0.566. The van der Waals surface area contributed by atoms with Crippen molar-refractivity contribution in [1.29, 1.82) is 0 Å². The van der Waals surface area contributed by atoms with Crippen LogP contribution in [0, 0.1) is 0 Å². The number of hydrogen-bond donors (Lipinski definition) is 2. The number of ether oxygens (including phenoxy) is 1. The molecule has 0 aliphatic heterocycles. The summed E-state index contributed by atoms with van der Waals surface area (Å²) in [4.78, 5) is 20.7. The smallest absolute Gasteiger partial charge is 0.331 e. The molecule has 0 unspecified atom stereocenters. The van der Waals surface area contributed by atoms with Crippen molar-refractivity contribution in [2.75, 3.05) is 19.4 Å². The highest BCUT2D eigenvalue weighted by atomic mass is 32.2. The van der Waals surface area contributed by atoms with Crippen LogP contribution in [0.3, 0.4) is 0 Å². The van der Waals surface area contributed by atoms with Crippen LogP contribution in [-0.4, -0.2) is 44.9 Å². The molecule has 0 fully saturated rings. The van der Waals surface area contributed by atoms with Crippen molar-refractivity contribution in [3.8, 4) is 0 Å². The molecule has 0 radical (unpaired) electrons. The van der Waals surface area contributed by atoms with Gasteiger partial charge in [0, 0.05) is 18.7 Å². The van der Waals surface area contributed by atoms with E-state index in [-0.39, 0.29) is 13.2 Å². The topological polar surface area (TPSA) is 110 Å². The zero-order chi connectivity index (χ0) is 11.9. The molecule has 0 aromatic rings. The van der Waals surface area contributed by atoms with Gasteiger partial charge in [-0.25, -0.2) is 22.7 Å². The van der Waals surface area contributed by atoms with E-state index in [1.165, 1.54) is 0 Å². The average Bonchev–Trinajstić information content (AvgIpc) is 2.07. The van der Waals surface area contributed by atoms with Gasteiger partial charge < -0.3 is 9.84 Å². The molecule has 0 aromatic heterocycles. The number of carboxylic acid groups (broad SMARTS) is 1. The minimum atomic E-state index is -3.30. The molecule has 0 atom stereocenters. The zero-order valence-corrected chi connectivity index (χ0v) is 8.78. The number of aliphatic carboxylic acids is 1. The van der Waals surface area contributed by atoms with Gasteiger partial charge in [0.25, 0.3) is 0 Å². The third kappa shape index (κ3) is 10.5. The Balaban J connectivity index is 3.70. The molecule has 0 bridgehead atoms. The predicted molar refractivity (Wildman–Crippen MR) is 50.6 cm³/mol. The fraction of sp³-hybridized carbons (Fsp3) is 0.429. The van der Waals surface area contributed by atoms with E-state index >= 15 is 0 Å². The van der Waals surface area contributed by atoms with Crippen molar-refractivity contribution >= 4 is 22.0 Å². The third-order valence-electron chi connectivity index (χ3n) is 1.07. The lowest BCUT2D eigenvalue weighted by molar-refractivity contribution is -0.138. The Bertz CT molecular complexity index is 358. The van der Waals surface area contributed by atoms with Crippen LogP contribution in [0.4, 0.5) is 0 Å². The number of carboxylic acids is 1. The molecule has 0 saturated carbocycles. The maximum absolute atomic E-state index is 10.7. The molecule has 0 aromatic carbocycles. The molecule has 2 N–H and O–H groups in total. The van der Waals surface area contributed by atoms with Gasteiger partial charge in [0.2, 0.25) is 10.0 Å². The van der Waals surface area contributed by atoms with Gasteiger partial charge in [-0.05, 0) is 0 Å². The summed E-state index contributed by atoms with van der Waals surface area (Å²) < 4.78 is 27.7. The molecule has 0 spiro atoms. The molecule has 0 heterocycles. The van der Waals surface area contributed by atoms with E-state index in [0.717, 1.165) is 12.3 Å². The molecule has 0 amide bonds. The summed E-state index contributed by atoms with van der Waals surface area (Å²) in [5, 5.41) is 8.15. The number of hydrogen-bond acceptors (Lipinski definition) is 5. The molecule has 86 valence electrons. The molecule has 8 heteroatoms. The lowest BCUT2D eigenvalue weighted by atomic mass is 10.5. The highest BCUT2D eigenvalue weighted by molar-refractivity contribution is 7.88. The van der Waals surface area contributed by atoms with E-state index in [4.69, 9.17) is 5.11 Å². The second-order valence-electron chi connectivity index (χ2n) is 2.51. The van der Waals surface area contributed by atoms with Gasteiger partial charge in [0.05, 0.1) is 6.26 Å². The van der Waals surface area contributed by atoms with Crippen molar-refractivity contribution in [3.05, 3.63) is 12.2 Å². The summed E-state index contributed by atoms with van der Waals surface area (Å²) in [6, 6.07) is 0. The van der Waals surface area contributed by atoms with Crippen LogP contribution in [0.25, 0.3) is 0 Å². The molecule has 0 aliphatic rings. The van der Waals surface area contributed by atoms with E-state index in [9.17, 15) is 18.0 Å². The summed E-state index contributed by atoms with van der Waals surface area (Å²) in [6.45, 7) is -0.207. The molecule has 0 saturated heterocycles. The van der Waals surface area contributed by atoms with Crippen LogP contribution in [0.2, 0.25) is 0 Å². The number of sulfonamides is 1. The van der Waals surface area contributed by atoms with Crippen molar-refractivity contribution in [3.63, 3.8) is 0 Å². The Morgan fingerprint density at radius 2 is 2.00 bits per heavy atom. The fourth-order valence-corrected chi connectivity index (χ4v) is 1.02. The molecule has 7 nitrogen and oxygen atoms in total. The van der Waals surface area contributed by atoms with Gasteiger partial charge in [0.15, 0.2) is 0 Å². The minimum absolute atomic E-state index is 0.0501. The first-order chi connectivity index (χ1) is 6.81. The zero-order valence-electron chi connectivity index (χ0n) is 7.97. The maximum atomic E-state index is 10.7. The van der Waals surface area contributed by atoms with Gasteiger partial charge in [-0.2, -0.15) is 0 Å². The van der Waals surface area contributed by atoms with Gasteiger partial charge >= 0.3 is 11.9 Å². The van der Waals surface area contributed by atoms with E-state index in [2.05, 4.69) is 9.46 Å². The van der Waals surface area contributed by atoms with Crippen molar-refractivity contribution < 1.29 is 27.9 Å². The summed E-state index contributed by atoms with van der Waals surface area (Å²) in [5.74, 6) is -2.10. The monoisotopic (exact) mass is 237 g/mol. The lowest BCUT2D eigenvalue weighted by Gasteiger charge is -2.02. The standard InChI is InChI=1S/C7H11NO6S/c1-15(12,13)8-4-5-14-7(11)3-2-6(9)10/h2-3,8H,4-5H2,1H3,(H,9,10)/b3-2+. The number of carbonyl (C=O) groups is 2. The van der Waals surface area contributed by atoms with Crippen LogP contribution >= 0.6 is 0 Å². The molecule has 0 rings (SSSR count). The summed E-state index contributed by atoms with van der Waals surface area (Å²) in [7, 11) is -3.30. The normalized spacial score (nSPS) is 11.5. The quantitative estimate of drug-likeness (QED) is 0.338. The second kappa shape index (κ2) is 6.14.